The second kappa shape index (κ2) is 4.26. The van der Waals surface area contributed by atoms with Crippen molar-refractivity contribution in [3.63, 3.8) is 0 Å². The van der Waals surface area contributed by atoms with Crippen LogP contribution in [0.2, 0.25) is 0 Å². The van der Waals surface area contributed by atoms with Crippen LogP contribution in [0.3, 0.4) is 0 Å². The van der Waals surface area contributed by atoms with Gasteiger partial charge in [0.05, 0.1) is 6.54 Å². The Morgan fingerprint density at radius 2 is 2.07 bits per heavy atom. The van der Waals surface area contributed by atoms with Gasteiger partial charge >= 0.3 is 0 Å². The first-order valence-electron chi connectivity index (χ1n) is 4.56. The molecule has 6 heteroatoms. The van der Waals surface area contributed by atoms with Gasteiger partial charge in [-0.05, 0) is 17.7 Å². The van der Waals surface area contributed by atoms with Gasteiger partial charge in [0.2, 0.25) is 6.04 Å². The van der Waals surface area contributed by atoms with Crippen molar-refractivity contribution in [2.45, 2.75) is 12.1 Å². The Kier molecular flexibility index (Phi) is 2.99. The fourth-order valence-electron chi connectivity index (χ4n) is 1.66. The van der Waals surface area contributed by atoms with E-state index in [0.29, 0.717) is 6.54 Å². The number of nitro groups is 1. The molecule has 1 aliphatic heterocycles. The van der Waals surface area contributed by atoms with E-state index < -0.39 is 6.04 Å². The van der Waals surface area contributed by atoms with Gasteiger partial charge in [0, 0.05) is 9.40 Å². The van der Waals surface area contributed by atoms with E-state index >= 15 is 0 Å². The van der Waals surface area contributed by atoms with Crippen molar-refractivity contribution in [1.82, 2.24) is 10.9 Å². The number of halogens is 1. The highest BCUT2D eigenvalue weighted by Crippen LogP contribution is 2.22. The van der Waals surface area contributed by atoms with Gasteiger partial charge in [0.1, 0.15) is 6.04 Å². The molecule has 1 aromatic carbocycles. The second-order valence-corrected chi connectivity index (χ2v) is 4.32. The SMILES string of the molecule is O=[N+]([O-])C1CNNC1c1ccc(Br)cc1. The van der Waals surface area contributed by atoms with Crippen LogP contribution in [0.25, 0.3) is 0 Å². The highest BCUT2D eigenvalue weighted by atomic mass is 79.9. The zero-order valence-electron chi connectivity index (χ0n) is 7.81. The lowest BCUT2D eigenvalue weighted by atomic mass is 10.0. The minimum atomic E-state index is -0.605. The standard InChI is InChI=1S/C9H10BrN3O2/c10-7-3-1-6(2-4-7)9-8(13(14)15)5-11-12-9/h1-4,8-9,11-12H,5H2. The van der Waals surface area contributed by atoms with Crippen molar-refractivity contribution in [1.29, 1.82) is 0 Å². The van der Waals surface area contributed by atoms with Crippen LogP contribution in [-0.4, -0.2) is 17.5 Å². The number of benzene rings is 1. The Morgan fingerprint density at radius 3 is 2.67 bits per heavy atom. The van der Waals surface area contributed by atoms with E-state index in [2.05, 4.69) is 26.8 Å². The minimum Gasteiger partial charge on any atom is -0.264 e. The average molecular weight is 272 g/mol. The number of nitrogens with zero attached hydrogens (tertiary/aromatic N) is 1. The molecule has 0 amide bonds. The number of nitrogens with one attached hydrogen (secondary N) is 2. The predicted molar refractivity (Wildman–Crippen MR) is 58.8 cm³/mol. The molecule has 2 atom stereocenters. The normalized spacial score (nSPS) is 25.4. The first-order chi connectivity index (χ1) is 7.18. The topological polar surface area (TPSA) is 67.2 Å². The van der Waals surface area contributed by atoms with E-state index in [0.717, 1.165) is 10.0 Å². The fourth-order valence-corrected chi connectivity index (χ4v) is 1.92. The van der Waals surface area contributed by atoms with Crippen LogP contribution >= 0.6 is 15.9 Å². The van der Waals surface area contributed by atoms with Crippen LogP contribution in [0.15, 0.2) is 28.7 Å². The molecule has 15 heavy (non-hydrogen) atoms. The largest absolute Gasteiger partial charge is 0.264 e. The van der Waals surface area contributed by atoms with E-state index in [1.165, 1.54) is 0 Å². The lowest BCUT2D eigenvalue weighted by Crippen LogP contribution is -2.29. The number of hydrazine groups is 1. The zero-order chi connectivity index (χ0) is 10.8. The Balaban J connectivity index is 2.22. The van der Waals surface area contributed by atoms with Crippen LogP contribution in [0.1, 0.15) is 11.6 Å². The van der Waals surface area contributed by atoms with Crippen LogP contribution in [0.5, 0.6) is 0 Å². The van der Waals surface area contributed by atoms with E-state index in [1.54, 1.807) is 0 Å². The molecule has 5 nitrogen and oxygen atoms in total. The molecule has 80 valence electrons. The molecule has 2 rings (SSSR count). The molecule has 1 aromatic rings. The summed E-state index contributed by atoms with van der Waals surface area (Å²) >= 11 is 3.33. The van der Waals surface area contributed by atoms with Crippen molar-refractivity contribution in [3.05, 3.63) is 44.4 Å². The molecular formula is C9H10BrN3O2. The summed E-state index contributed by atoms with van der Waals surface area (Å²) in [4.78, 5) is 10.5. The Labute approximate surface area is 95.1 Å². The molecule has 0 saturated carbocycles. The molecule has 2 unspecified atom stereocenters. The van der Waals surface area contributed by atoms with Gasteiger partial charge in [-0.1, -0.05) is 28.1 Å². The van der Waals surface area contributed by atoms with Gasteiger partial charge in [0.25, 0.3) is 0 Å². The van der Waals surface area contributed by atoms with Crippen LogP contribution < -0.4 is 10.9 Å². The molecule has 0 aliphatic carbocycles. The first kappa shape index (κ1) is 10.5. The monoisotopic (exact) mass is 271 g/mol. The first-order valence-corrected chi connectivity index (χ1v) is 5.35. The molecule has 1 saturated heterocycles. The summed E-state index contributed by atoms with van der Waals surface area (Å²) in [6, 6.07) is 6.66. The molecule has 1 aliphatic rings. The third-order valence-corrected chi connectivity index (χ3v) is 2.98. The molecular weight excluding hydrogens is 262 g/mol. The fraction of sp³-hybridized carbons (Fsp3) is 0.333. The van der Waals surface area contributed by atoms with E-state index in [1.807, 2.05) is 24.3 Å². The van der Waals surface area contributed by atoms with Crippen LogP contribution in [0, 0.1) is 10.1 Å². The van der Waals surface area contributed by atoms with Crippen molar-refractivity contribution >= 4 is 15.9 Å². The number of hydrogen-bond acceptors (Lipinski definition) is 4. The molecule has 0 radical (unpaired) electrons. The van der Waals surface area contributed by atoms with E-state index in [9.17, 15) is 10.1 Å². The third kappa shape index (κ3) is 2.17. The minimum absolute atomic E-state index is 0.250. The van der Waals surface area contributed by atoms with Gasteiger partial charge in [-0.25, -0.2) is 5.43 Å². The lowest BCUT2D eigenvalue weighted by Gasteiger charge is -2.12. The second-order valence-electron chi connectivity index (χ2n) is 3.41. The average Bonchev–Trinajstić information content (AvgIpc) is 2.67. The molecule has 0 aromatic heterocycles. The third-order valence-electron chi connectivity index (χ3n) is 2.45. The van der Waals surface area contributed by atoms with Gasteiger partial charge < -0.3 is 0 Å². The molecule has 1 fully saturated rings. The summed E-state index contributed by atoms with van der Waals surface area (Å²) in [5.41, 5.74) is 6.65. The Hall–Kier alpha value is -0.980. The summed E-state index contributed by atoms with van der Waals surface area (Å²) in [5, 5.41) is 10.8. The molecule has 0 spiro atoms. The van der Waals surface area contributed by atoms with Crippen molar-refractivity contribution in [3.8, 4) is 0 Å². The maximum absolute atomic E-state index is 10.8. The predicted octanol–water partition coefficient (Wildman–Crippen LogP) is 1.24. The molecule has 1 heterocycles. The Bertz CT molecular complexity index is 368. The summed E-state index contributed by atoms with van der Waals surface area (Å²) in [7, 11) is 0. The maximum atomic E-state index is 10.8. The van der Waals surface area contributed by atoms with Crippen LogP contribution in [0.4, 0.5) is 0 Å². The Morgan fingerprint density at radius 1 is 1.40 bits per heavy atom. The van der Waals surface area contributed by atoms with Crippen molar-refractivity contribution < 1.29 is 4.92 Å². The molecule has 0 bridgehead atoms. The van der Waals surface area contributed by atoms with E-state index in [4.69, 9.17) is 0 Å². The summed E-state index contributed by atoms with van der Waals surface area (Å²) in [6.07, 6.45) is 0. The summed E-state index contributed by atoms with van der Waals surface area (Å²) < 4.78 is 0.967. The van der Waals surface area contributed by atoms with Gasteiger partial charge in [-0.3, -0.25) is 15.5 Å². The highest BCUT2D eigenvalue weighted by molar-refractivity contribution is 9.10. The van der Waals surface area contributed by atoms with Crippen molar-refractivity contribution in [2.24, 2.45) is 0 Å². The van der Waals surface area contributed by atoms with Crippen LogP contribution in [-0.2, 0) is 0 Å². The van der Waals surface area contributed by atoms with Crippen molar-refractivity contribution in [2.75, 3.05) is 6.54 Å². The zero-order valence-corrected chi connectivity index (χ0v) is 9.40. The lowest BCUT2D eigenvalue weighted by molar-refractivity contribution is -0.520. The van der Waals surface area contributed by atoms with Gasteiger partial charge in [-0.2, -0.15) is 0 Å². The number of hydrogen-bond donors (Lipinski definition) is 2. The van der Waals surface area contributed by atoms with Gasteiger partial charge in [-0.15, -0.1) is 0 Å². The quantitative estimate of drug-likeness (QED) is 0.628. The summed E-state index contributed by atoms with van der Waals surface area (Å²) in [6.45, 7) is 0.355. The number of rotatable bonds is 2. The molecule has 2 N–H and O–H groups in total. The van der Waals surface area contributed by atoms with Gasteiger partial charge in [0.15, 0.2) is 0 Å². The summed E-state index contributed by atoms with van der Waals surface area (Å²) in [5.74, 6) is 0. The smallest absolute Gasteiger partial charge is 0.247 e. The maximum Gasteiger partial charge on any atom is 0.247 e. The van der Waals surface area contributed by atoms with E-state index in [-0.39, 0.29) is 11.0 Å². The highest BCUT2D eigenvalue weighted by Gasteiger charge is 2.37.